The van der Waals surface area contributed by atoms with Crippen LogP contribution in [0.5, 0.6) is 0 Å². The number of rotatable bonds is 2. The van der Waals surface area contributed by atoms with Crippen LogP contribution in [0.2, 0.25) is 0 Å². The van der Waals surface area contributed by atoms with Gasteiger partial charge in [-0.15, -0.1) is 0 Å². The minimum atomic E-state index is -0.543. The Hall–Kier alpha value is -3.48. The van der Waals surface area contributed by atoms with Crippen LogP contribution in [0.15, 0.2) is 53.5 Å². The molecule has 0 bridgehead atoms. The number of carbonyl (C=O) groups excluding carboxylic acids is 1. The van der Waals surface area contributed by atoms with Crippen LogP contribution in [0.3, 0.4) is 0 Å². The van der Waals surface area contributed by atoms with Crippen molar-refractivity contribution in [1.29, 1.82) is 0 Å². The van der Waals surface area contributed by atoms with Crippen LogP contribution in [0, 0.1) is 18.6 Å². The third-order valence-electron chi connectivity index (χ3n) is 6.75. The summed E-state index contributed by atoms with van der Waals surface area (Å²) in [7, 11) is 0. The lowest BCUT2D eigenvalue weighted by atomic mass is 9.93. The fourth-order valence-corrected chi connectivity index (χ4v) is 4.98. The molecule has 0 atom stereocenters. The molecule has 1 aliphatic heterocycles. The summed E-state index contributed by atoms with van der Waals surface area (Å²) in [5, 5.41) is 1.94. The number of aryl methyl sites for hydroxylation is 2. The van der Waals surface area contributed by atoms with Gasteiger partial charge in [0.2, 0.25) is 0 Å². The van der Waals surface area contributed by atoms with E-state index in [4.69, 9.17) is 0 Å². The third kappa shape index (κ3) is 3.43. The number of benzene rings is 2. The van der Waals surface area contributed by atoms with Crippen molar-refractivity contribution in [2.45, 2.75) is 45.7 Å². The van der Waals surface area contributed by atoms with Gasteiger partial charge in [0.05, 0.1) is 6.04 Å². The predicted octanol–water partition coefficient (Wildman–Crippen LogP) is 4.08. The quantitative estimate of drug-likeness (QED) is 0.592. The Morgan fingerprint density at radius 1 is 0.909 bits per heavy atom. The summed E-state index contributed by atoms with van der Waals surface area (Å²) in [6, 6.07) is 10.2. The van der Waals surface area contributed by atoms with Crippen molar-refractivity contribution in [2.75, 3.05) is 11.7 Å². The molecule has 0 saturated carbocycles. The molecule has 0 fully saturated rings. The second-order valence-corrected chi connectivity index (χ2v) is 9.04. The van der Waals surface area contributed by atoms with Gasteiger partial charge in [0, 0.05) is 23.9 Å². The average molecular weight is 450 g/mol. The van der Waals surface area contributed by atoms with Crippen molar-refractivity contribution < 1.29 is 13.6 Å². The van der Waals surface area contributed by atoms with E-state index in [1.54, 1.807) is 34.8 Å². The summed E-state index contributed by atoms with van der Waals surface area (Å²) >= 11 is 0. The number of nitrogens with zero attached hydrogens (tertiary/aromatic N) is 3. The Labute approximate surface area is 190 Å². The van der Waals surface area contributed by atoms with Crippen molar-refractivity contribution in [3.8, 4) is 0 Å². The normalized spacial score (nSPS) is 15.9. The van der Waals surface area contributed by atoms with Crippen molar-refractivity contribution in [1.82, 2.24) is 9.58 Å². The molecular weight excluding hydrogens is 424 g/mol. The zero-order valence-corrected chi connectivity index (χ0v) is 18.8. The zero-order chi connectivity index (χ0) is 23.4. The van der Waals surface area contributed by atoms with Gasteiger partial charge in [-0.05, 0) is 80.1 Å². The highest BCUT2D eigenvalue weighted by atomic mass is 19.1. The molecule has 1 amide bonds. The van der Waals surface area contributed by atoms with Crippen LogP contribution in [0.4, 0.5) is 8.78 Å². The molecule has 33 heavy (non-hydrogen) atoms. The number of carbonyl (C=O) groups is 1. The van der Waals surface area contributed by atoms with E-state index in [0.717, 1.165) is 22.3 Å². The molecule has 1 aliphatic carbocycles. The van der Waals surface area contributed by atoms with E-state index in [1.807, 2.05) is 18.9 Å². The largest absolute Gasteiger partial charge is 0.316 e. The standard InChI is InChI=1S/C26H25F2N3O2/c1-15(2)29-14-31(30-11-10-23(32)16(3)24(30)26(29)33)25-21-12-19(27)8-6-17(21)4-5-18-7-9-20(28)13-22(18)25/h6-13,15,25H,4-5,14H2,1-3H3. The first-order valence-electron chi connectivity index (χ1n) is 11.1. The van der Waals surface area contributed by atoms with Crippen LogP contribution in [0.1, 0.15) is 58.2 Å². The number of pyridine rings is 1. The fraction of sp³-hybridized carbons (Fsp3) is 0.308. The van der Waals surface area contributed by atoms with Crippen molar-refractivity contribution >= 4 is 5.91 Å². The van der Waals surface area contributed by atoms with E-state index in [1.165, 1.54) is 30.3 Å². The molecule has 0 unspecified atom stereocenters. The minimum absolute atomic E-state index is 0.131. The Morgan fingerprint density at radius 2 is 1.48 bits per heavy atom. The summed E-state index contributed by atoms with van der Waals surface area (Å²) < 4.78 is 30.7. The molecule has 170 valence electrons. The molecule has 3 aromatic rings. The number of hydrogen-bond acceptors (Lipinski definition) is 3. The SMILES string of the molecule is Cc1c2n(ccc1=O)N(C1c3cc(F)ccc3CCc3ccc(F)cc31)CN(C(C)C)C2=O. The lowest BCUT2D eigenvalue weighted by molar-refractivity contribution is 0.0625. The number of halogens is 2. The third-order valence-corrected chi connectivity index (χ3v) is 6.75. The molecule has 1 aromatic heterocycles. The van der Waals surface area contributed by atoms with Crippen molar-refractivity contribution in [2.24, 2.45) is 0 Å². The van der Waals surface area contributed by atoms with Crippen molar-refractivity contribution in [3.05, 3.63) is 104 Å². The maximum Gasteiger partial charge on any atom is 0.274 e. The minimum Gasteiger partial charge on any atom is -0.316 e. The lowest BCUT2D eigenvalue weighted by Crippen LogP contribution is -2.57. The maximum absolute atomic E-state index is 14.5. The van der Waals surface area contributed by atoms with Gasteiger partial charge in [-0.1, -0.05) is 12.1 Å². The molecule has 0 spiro atoms. The molecule has 2 aliphatic rings. The Bertz CT molecular complexity index is 1280. The smallest absolute Gasteiger partial charge is 0.274 e. The average Bonchev–Trinajstić information content (AvgIpc) is 2.92. The van der Waals surface area contributed by atoms with E-state index in [9.17, 15) is 18.4 Å². The molecule has 5 rings (SSSR count). The first-order chi connectivity index (χ1) is 15.8. The first-order valence-corrected chi connectivity index (χ1v) is 11.1. The monoisotopic (exact) mass is 449 g/mol. The Kier molecular flexibility index (Phi) is 5.07. The molecule has 7 heteroatoms. The summed E-state index contributed by atoms with van der Waals surface area (Å²) in [6.07, 6.45) is 2.98. The van der Waals surface area contributed by atoms with Gasteiger partial charge in [0.25, 0.3) is 5.91 Å². The summed E-state index contributed by atoms with van der Waals surface area (Å²) in [5.74, 6) is -0.976. The molecule has 2 aromatic carbocycles. The van der Waals surface area contributed by atoms with Gasteiger partial charge in [0.1, 0.15) is 24.0 Å². The molecule has 0 N–H and O–H groups in total. The van der Waals surface area contributed by atoms with Crippen LogP contribution in [-0.2, 0) is 12.8 Å². The second kappa shape index (κ2) is 7.83. The van der Waals surface area contributed by atoms with Gasteiger partial charge in [0.15, 0.2) is 5.43 Å². The fourth-order valence-electron chi connectivity index (χ4n) is 4.98. The number of fused-ring (bicyclic) bond motifs is 3. The lowest BCUT2D eigenvalue weighted by Gasteiger charge is -2.46. The van der Waals surface area contributed by atoms with Gasteiger partial charge < -0.3 is 4.90 Å². The molecule has 5 nitrogen and oxygen atoms in total. The summed E-state index contributed by atoms with van der Waals surface area (Å²) in [6.45, 7) is 5.68. The number of hydrogen-bond donors (Lipinski definition) is 0. The molecule has 0 saturated heterocycles. The highest BCUT2D eigenvalue weighted by molar-refractivity contribution is 5.95. The maximum atomic E-state index is 14.5. The summed E-state index contributed by atoms with van der Waals surface area (Å²) in [5.41, 5.74) is 3.84. The van der Waals surface area contributed by atoms with Gasteiger partial charge in [-0.25, -0.2) is 8.78 Å². The van der Waals surface area contributed by atoms with Gasteiger partial charge in [-0.3, -0.25) is 19.3 Å². The number of amides is 1. The van der Waals surface area contributed by atoms with E-state index in [-0.39, 0.29) is 41.4 Å². The Morgan fingerprint density at radius 3 is 2.03 bits per heavy atom. The zero-order valence-electron chi connectivity index (χ0n) is 18.8. The van der Waals surface area contributed by atoms with E-state index >= 15 is 0 Å². The Balaban J connectivity index is 1.82. The van der Waals surface area contributed by atoms with Crippen molar-refractivity contribution in [3.63, 3.8) is 0 Å². The highest BCUT2D eigenvalue weighted by Crippen LogP contribution is 2.38. The number of aromatic nitrogens is 1. The topological polar surface area (TPSA) is 45.6 Å². The van der Waals surface area contributed by atoms with Gasteiger partial charge >= 0.3 is 0 Å². The van der Waals surface area contributed by atoms with Crippen LogP contribution >= 0.6 is 0 Å². The summed E-state index contributed by atoms with van der Waals surface area (Å²) in [4.78, 5) is 27.5. The molecule has 0 radical (unpaired) electrons. The first kappa shape index (κ1) is 21.4. The second-order valence-electron chi connectivity index (χ2n) is 9.04. The van der Waals surface area contributed by atoms with Gasteiger partial charge in [-0.2, -0.15) is 0 Å². The van der Waals surface area contributed by atoms with E-state index in [2.05, 4.69) is 0 Å². The van der Waals surface area contributed by atoms with Crippen LogP contribution < -0.4 is 10.4 Å². The van der Waals surface area contributed by atoms with E-state index < -0.39 is 6.04 Å². The predicted molar refractivity (Wildman–Crippen MR) is 122 cm³/mol. The molecular formula is C26H25F2N3O2. The highest BCUT2D eigenvalue weighted by Gasteiger charge is 2.38. The molecule has 2 heterocycles. The van der Waals surface area contributed by atoms with E-state index in [0.29, 0.717) is 18.4 Å². The van der Waals surface area contributed by atoms with Crippen LogP contribution in [0.25, 0.3) is 0 Å². The van der Waals surface area contributed by atoms with Crippen LogP contribution in [-0.4, -0.2) is 28.2 Å².